The van der Waals surface area contributed by atoms with E-state index in [-0.39, 0.29) is 11.5 Å². The van der Waals surface area contributed by atoms with E-state index in [0.717, 1.165) is 22.2 Å². The van der Waals surface area contributed by atoms with E-state index in [1.54, 1.807) is 12.1 Å². The molecule has 0 saturated heterocycles. The maximum atomic E-state index is 13.9. The minimum Gasteiger partial charge on any atom is -0.451 e. The van der Waals surface area contributed by atoms with Crippen molar-refractivity contribution in [1.29, 1.82) is 0 Å². The molecule has 0 radical (unpaired) electrons. The zero-order chi connectivity index (χ0) is 15.6. The molecule has 0 aliphatic carbocycles. The maximum absolute atomic E-state index is 13.9. The van der Waals surface area contributed by atoms with Gasteiger partial charge in [0.15, 0.2) is 17.4 Å². The molecule has 2 rings (SSSR count). The van der Waals surface area contributed by atoms with Crippen LogP contribution in [-0.2, 0) is 6.61 Å². The van der Waals surface area contributed by atoms with E-state index in [1.807, 2.05) is 19.9 Å². The van der Waals surface area contributed by atoms with Crippen molar-refractivity contribution < 1.29 is 18.6 Å². The molecule has 0 spiro atoms. The Bertz CT molecular complexity index is 634. The fourth-order valence-corrected chi connectivity index (χ4v) is 2.35. The first-order valence-corrected chi connectivity index (χ1v) is 7.27. The summed E-state index contributed by atoms with van der Waals surface area (Å²) in [5, 5.41) is 8.94. The van der Waals surface area contributed by atoms with E-state index in [2.05, 4.69) is 15.9 Å². The Labute approximate surface area is 130 Å². The van der Waals surface area contributed by atoms with E-state index < -0.39 is 24.0 Å². The summed E-state index contributed by atoms with van der Waals surface area (Å²) in [5.41, 5.74) is 1.01. The molecule has 0 amide bonds. The molecule has 0 heterocycles. The summed E-state index contributed by atoms with van der Waals surface area (Å²) in [6.45, 7) is 3.51. The van der Waals surface area contributed by atoms with Gasteiger partial charge in [0.2, 0.25) is 0 Å². The lowest BCUT2D eigenvalue weighted by Gasteiger charge is -2.15. The second kappa shape index (κ2) is 6.54. The summed E-state index contributed by atoms with van der Waals surface area (Å²) >= 11 is 3.37. The van der Waals surface area contributed by atoms with E-state index >= 15 is 0 Å². The molecular formula is C16H15BrF2O2. The summed E-state index contributed by atoms with van der Waals surface area (Å²) in [5.74, 6) is -1.59. The van der Waals surface area contributed by atoms with Crippen LogP contribution in [0.3, 0.4) is 0 Å². The first-order chi connectivity index (χ1) is 9.92. The lowest BCUT2D eigenvalue weighted by atomic mass is 10.0. The number of benzene rings is 2. The minimum absolute atomic E-state index is 0.139. The Morgan fingerprint density at radius 1 is 1.14 bits per heavy atom. The summed E-state index contributed by atoms with van der Waals surface area (Å²) in [6, 6.07) is 7.40. The van der Waals surface area contributed by atoms with Crippen LogP contribution in [0.15, 0.2) is 34.8 Å². The number of aliphatic hydroxyl groups is 1. The predicted octanol–water partition coefficient (Wildman–Crippen LogP) is 5.14. The quantitative estimate of drug-likeness (QED) is 0.822. The van der Waals surface area contributed by atoms with Gasteiger partial charge in [-0.2, -0.15) is 0 Å². The highest BCUT2D eigenvalue weighted by Crippen LogP contribution is 2.35. The smallest absolute Gasteiger partial charge is 0.198 e. The van der Waals surface area contributed by atoms with Gasteiger partial charge < -0.3 is 9.84 Å². The third-order valence-corrected chi connectivity index (χ3v) is 3.54. The normalized spacial score (nSPS) is 11.0. The van der Waals surface area contributed by atoms with Gasteiger partial charge in [0.1, 0.15) is 5.75 Å². The lowest BCUT2D eigenvalue weighted by molar-refractivity contribution is 0.279. The molecule has 0 atom stereocenters. The fraction of sp³-hybridized carbons (Fsp3) is 0.250. The number of hydrogen-bond acceptors (Lipinski definition) is 2. The molecule has 0 unspecified atom stereocenters. The standard InChI is InChI=1S/C16H15BrF2O2/c1-9(2)12-7-11(17)3-4-15(12)21-16-13(18)5-10(8-20)6-14(16)19/h3-7,9,20H,8H2,1-2H3. The van der Waals surface area contributed by atoms with Gasteiger partial charge in [-0.3, -0.25) is 0 Å². The topological polar surface area (TPSA) is 29.5 Å². The van der Waals surface area contributed by atoms with Crippen LogP contribution in [0.4, 0.5) is 8.78 Å². The van der Waals surface area contributed by atoms with Crippen molar-refractivity contribution >= 4 is 15.9 Å². The molecule has 2 aromatic rings. The average molecular weight is 357 g/mol. The summed E-state index contributed by atoms with van der Waals surface area (Å²) in [4.78, 5) is 0. The van der Waals surface area contributed by atoms with Gasteiger partial charge in [0, 0.05) is 4.47 Å². The second-order valence-electron chi connectivity index (χ2n) is 4.99. The van der Waals surface area contributed by atoms with Crippen molar-refractivity contribution in [3.05, 3.63) is 57.6 Å². The first-order valence-electron chi connectivity index (χ1n) is 6.48. The van der Waals surface area contributed by atoms with Crippen LogP contribution in [0.25, 0.3) is 0 Å². The van der Waals surface area contributed by atoms with Crippen LogP contribution >= 0.6 is 15.9 Å². The van der Waals surface area contributed by atoms with Crippen LogP contribution in [0.5, 0.6) is 11.5 Å². The highest BCUT2D eigenvalue weighted by molar-refractivity contribution is 9.10. The monoisotopic (exact) mass is 356 g/mol. The van der Waals surface area contributed by atoms with Gasteiger partial charge in [-0.1, -0.05) is 29.8 Å². The molecule has 2 aromatic carbocycles. The zero-order valence-electron chi connectivity index (χ0n) is 11.7. The van der Waals surface area contributed by atoms with Gasteiger partial charge in [0.05, 0.1) is 6.61 Å². The molecule has 0 fully saturated rings. The van der Waals surface area contributed by atoms with E-state index in [9.17, 15) is 8.78 Å². The molecule has 0 bridgehead atoms. The van der Waals surface area contributed by atoms with Crippen molar-refractivity contribution in [2.45, 2.75) is 26.4 Å². The Morgan fingerprint density at radius 2 is 1.76 bits per heavy atom. The Kier molecular flexibility index (Phi) is 4.96. The van der Waals surface area contributed by atoms with E-state index in [0.29, 0.717) is 5.75 Å². The van der Waals surface area contributed by atoms with Crippen molar-refractivity contribution in [2.24, 2.45) is 0 Å². The van der Waals surface area contributed by atoms with Gasteiger partial charge in [-0.05, 0) is 47.4 Å². The van der Waals surface area contributed by atoms with Gasteiger partial charge in [0.25, 0.3) is 0 Å². The molecule has 21 heavy (non-hydrogen) atoms. The molecule has 0 saturated carbocycles. The highest BCUT2D eigenvalue weighted by Gasteiger charge is 2.16. The van der Waals surface area contributed by atoms with Crippen molar-refractivity contribution in [1.82, 2.24) is 0 Å². The molecule has 0 aliphatic heterocycles. The van der Waals surface area contributed by atoms with Crippen molar-refractivity contribution in [3.63, 3.8) is 0 Å². The van der Waals surface area contributed by atoms with Gasteiger partial charge in [-0.15, -0.1) is 0 Å². The maximum Gasteiger partial charge on any atom is 0.198 e. The highest BCUT2D eigenvalue weighted by atomic mass is 79.9. The fourth-order valence-electron chi connectivity index (χ4n) is 1.97. The number of aliphatic hydroxyl groups excluding tert-OH is 1. The van der Waals surface area contributed by atoms with E-state index in [4.69, 9.17) is 9.84 Å². The van der Waals surface area contributed by atoms with Crippen LogP contribution in [-0.4, -0.2) is 5.11 Å². The SMILES string of the molecule is CC(C)c1cc(Br)ccc1Oc1c(F)cc(CO)cc1F. The number of hydrogen-bond donors (Lipinski definition) is 1. The van der Waals surface area contributed by atoms with Gasteiger partial charge in [-0.25, -0.2) is 8.78 Å². The Hall–Kier alpha value is -1.46. The zero-order valence-corrected chi connectivity index (χ0v) is 13.2. The van der Waals surface area contributed by atoms with Crippen LogP contribution in [0.1, 0.15) is 30.9 Å². The molecular weight excluding hydrogens is 342 g/mol. The van der Waals surface area contributed by atoms with Crippen molar-refractivity contribution in [2.75, 3.05) is 0 Å². The summed E-state index contributed by atoms with van der Waals surface area (Å²) in [7, 11) is 0. The third-order valence-electron chi connectivity index (χ3n) is 3.05. The van der Waals surface area contributed by atoms with Crippen LogP contribution in [0.2, 0.25) is 0 Å². The summed E-state index contributed by atoms with van der Waals surface area (Å²) < 4.78 is 34.1. The molecule has 0 aromatic heterocycles. The lowest BCUT2D eigenvalue weighted by Crippen LogP contribution is -1.99. The predicted molar refractivity (Wildman–Crippen MR) is 80.6 cm³/mol. The van der Waals surface area contributed by atoms with E-state index in [1.165, 1.54) is 0 Å². The van der Waals surface area contributed by atoms with Crippen LogP contribution < -0.4 is 4.74 Å². The Morgan fingerprint density at radius 3 is 2.29 bits per heavy atom. The number of ether oxygens (including phenoxy) is 1. The Balaban J connectivity index is 2.43. The molecule has 1 N–H and O–H groups in total. The van der Waals surface area contributed by atoms with Crippen molar-refractivity contribution in [3.8, 4) is 11.5 Å². The summed E-state index contributed by atoms with van der Waals surface area (Å²) in [6.07, 6.45) is 0. The van der Waals surface area contributed by atoms with Gasteiger partial charge >= 0.3 is 0 Å². The van der Waals surface area contributed by atoms with Crippen LogP contribution in [0, 0.1) is 11.6 Å². The number of rotatable bonds is 4. The molecule has 112 valence electrons. The minimum atomic E-state index is -0.836. The molecule has 0 aliphatic rings. The molecule has 5 heteroatoms. The second-order valence-corrected chi connectivity index (χ2v) is 5.90. The number of halogens is 3. The third kappa shape index (κ3) is 3.60. The first kappa shape index (κ1) is 15.9. The average Bonchev–Trinajstić information content (AvgIpc) is 2.43. The molecule has 2 nitrogen and oxygen atoms in total. The largest absolute Gasteiger partial charge is 0.451 e.